The Hall–Kier alpha value is 0.660. The number of thiol groups is 1. The molecule has 2 rings (SSSR count). The number of ether oxygens (including phenoxy) is 1. The summed E-state index contributed by atoms with van der Waals surface area (Å²) < 4.78 is 5.85. The van der Waals surface area contributed by atoms with E-state index in [1.807, 2.05) is 0 Å². The summed E-state index contributed by atoms with van der Waals surface area (Å²) in [6, 6.07) is 0. The maximum atomic E-state index is 5.85. The van der Waals surface area contributed by atoms with Crippen molar-refractivity contribution in [3.05, 3.63) is 0 Å². The van der Waals surface area contributed by atoms with Crippen LogP contribution in [0.1, 0.15) is 52.9 Å². The van der Waals surface area contributed by atoms with E-state index >= 15 is 0 Å². The summed E-state index contributed by atoms with van der Waals surface area (Å²) in [6.45, 7) is 7.79. The SMILES string of the molecule is CCOC1CCC2C(C1)SC(C)C2CCC(C)CS. The van der Waals surface area contributed by atoms with Gasteiger partial charge in [0.1, 0.15) is 0 Å². The van der Waals surface area contributed by atoms with Crippen LogP contribution in [0.4, 0.5) is 0 Å². The maximum Gasteiger partial charge on any atom is 0.0585 e. The van der Waals surface area contributed by atoms with Gasteiger partial charge in [0.2, 0.25) is 0 Å². The van der Waals surface area contributed by atoms with Gasteiger partial charge in [-0.15, -0.1) is 0 Å². The van der Waals surface area contributed by atoms with Gasteiger partial charge in [0.25, 0.3) is 0 Å². The van der Waals surface area contributed by atoms with Crippen LogP contribution in [0.2, 0.25) is 0 Å². The van der Waals surface area contributed by atoms with Crippen LogP contribution in [0.5, 0.6) is 0 Å². The first kappa shape index (κ1) is 16.0. The third-order valence-electron chi connectivity index (χ3n) is 5.04. The average Bonchev–Trinajstić information content (AvgIpc) is 2.71. The van der Waals surface area contributed by atoms with Crippen LogP contribution in [0.3, 0.4) is 0 Å². The Balaban J connectivity index is 1.86. The van der Waals surface area contributed by atoms with Gasteiger partial charge in [-0.25, -0.2) is 0 Å². The minimum absolute atomic E-state index is 0.543. The average molecular weight is 303 g/mol. The fraction of sp³-hybridized carbons (Fsp3) is 1.00. The summed E-state index contributed by atoms with van der Waals surface area (Å²) in [7, 11) is 0. The molecule has 2 fully saturated rings. The molecule has 19 heavy (non-hydrogen) atoms. The zero-order valence-electron chi connectivity index (χ0n) is 12.7. The normalized spacial score (nSPS) is 40.1. The third-order valence-corrected chi connectivity index (χ3v) is 7.34. The Morgan fingerprint density at radius 1 is 1.37 bits per heavy atom. The van der Waals surface area contributed by atoms with Gasteiger partial charge in [0, 0.05) is 17.1 Å². The molecule has 0 N–H and O–H groups in total. The van der Waals surface area contributed by atoms with Crippen LogP contribution in [0.15, 0.2) is 0 Å². The lowest BCUT2D eigenvalue weighted by molar-refractivity contribution is 0.0230. The molecule has 0 aromatic carbocycles. The zero-order chi connectivity index (χ0) is 13.8. The molecule has 1 saturated heterocycles. The highest BCUT2D eigenvalue weighted by Gasteiger charge is 2.44. The summed E-state index contributed by atoms with van der Waals surface area (Å²) in [5.74, 6) is 3.72. The second-order valence-corrected chi connectivity index (χ2v) is 8.45. The molecule has 3 heteroatoms. The zero-order valence-corrected chi connectivity index (χ0v) is 14.4. The van der Waals surface area contributed by atoms with Crippen molar-refractivity contribution in [1.29, 1.82) is 0 Å². The van der Waals surface area contributed by atoms with E-state index in [4.69, 9.17) is 4.74 Å². The van der Waals surface area contributed by atoms with E-state index < -0.39 is 0 Å². The largest absolute Gasteiger partial charge is 0.378 e. The minimum atomic E-state index is 0.543. The fourth-order valence-corrected chi connectivity index (χ4v) is 6.03. The highest BCUT2D eigenvalue weighted by Crippen LogP contribution is 2.51. The Morgan fingerprint density at radius 3 is 2.84 bits per heavy atom. The molecule has 6 atom stereocenters. The van der Waals surface area contributed by atoms with Gasteiger partial charge < -0.3 is 4.74 Å². The van der Waals surface area contributed by atoms with Gasteiger partial charge in [-0.3, -0.25) is 0 Å². The molecule has 0 amide bonds. The smallest absolute Gasteiger partial charge is 0.0585 e. The van der Waals surface area contributed by atoms with Crippen molar-refractivity contribution in [2.24, 2.45) is 17.8 Å². The van der Waals surface area contributed by atoms with E-state index in [9.17, 15) is 0 Å². The standard InChI is InChI=1S/C16H30OS2/c1-4-17-13-6-8-15-14(7-5-11(2)10-18)12(3)19-16(15)9-13/h11-16,18H,4-10H2,1-3H3. The van der Waals surface area contributed by atoms with Crippen LogP contribution >= 0.6 is 24.4 Å². The van der Waals surface area contributed by atoms with Crippen molar-refractivity contribution >= 4 is 24.4 Å². The van der Waals surface area contributed by atoms with Crippen molar-refractivity contribution in [3.8, 4) is 0 Å². The quantitative estimate of drug-likeness (QED) is 0.715. The van der Waals surface area contributed by atoms with E-state index in [1.54, 1.807) is 0 Å². The minimum Gasteiger partial charge on any atom is -0.378 e. The van der Waals surface area contributed by atoms with Gasteiger partial charge >= 0.3 is 0 Å². The van der Waals surface area contributed by atoms with Crippen molar-refractivity contribution in [2.75, 3.05) is 12.4 Å². The van der Waals surface area contributed by atoms with Crippen LogP contribution in [0.25, 0.3) is 0 Å². The molecule has 0 radical (unpaired) electrons. The summed E-state index contributed by atoms with van der Waals surface area (Å²) in [4.78, 5) is 0. The first-order chi connectivity index (χ1) is 9.15. The number of hydrogen-bond acceptors (Lipinski definition) is 3. The lowest BCUT2D eigenvalue weighted by Gasteiger charge is -2.33. The predicted octanol–water partition coefficient (Wildman–Crippen LogP) is 4.66. The molecule has 0 spiro atoms. The van der Waals surface area contributed by atoms with Crippen LogP contribution in [-0.4, -0.2) is 29.0 Å². The Bertz CT molecular complexity index is 271. The van der Waals surface area contributed by atoms with Crippen molar-refractivity contribution < 1.29 is 4.74 Å². The van der Waals surface area contributed by atoms with E-state index in [1.165, 1.54) is 32.1 Å². The first-order valence-electron chi connectivity index (χ1n) is 8.03. The Labute approximate surface area is 129 Å². The molecule has 1 aliphatic heterocycles. The molecule has 1 saturated carbocycles. The topological polar surface area (TPSA) is 9.23 Å². The highest BCUT2D eigenvalue weighted by atomic mass is 32.2. The van der Waals surface area contributed by atoms with Crippen LogP contribution in [0, 0.1) is 17.8 Å². The Morgan fingerprint density at radius 2 is 2.16 bits per heavy atom. The van der Waals surface area contributed by atoms with E-state index in [-0.39, 0.29) is 0 Å². The summed E-state index contributed by atoms with van der Waals surface area (Å²) in [6.07, 6.45) is 7.30. The first-order valence-corrected chi connectivity index (χ1v) is 9.61. The number of fused-ring (bicyclic) bond motifs is 1. The lowest BCUT2D eigenvalue weighted by atomic mass is 9.75. The molecule has 0 aromatic heterocycles. The monoisotopic (exact) mass is 302 g/mol. The molecule has 112 valence electrons. The molecule has 1 nitrogen and oxygen atoms in total. The van der Waals surface area contributed by atoms with E-state index in [0.29, 0.717) is 6.10 Å². The third kappa shape index (κ3) is 4.07. The van der Waals surface area contributed by atoms with Crippen molar-refractivity contribution in [3.63, 3.8) is 0 Å². The second kappa shape index (κ2) is 7.61. The van der Waals surface area contributed by atoms with E-state index in [0.717, 1.165) is 40.6 Å². The Kier molecular flexibility index (Phi) is 6.42. The summed E-state index contributed by atoms with van der Waals surface area (Å²) >= 11 is 6.67. The molecular formula is C16H30OS2. The van der Waals surface area contributed by atoms with Gasteiger partial charge in [0.05, 0.1) is 6.10 Å². The fourth-order valence-electron chi connectivity index (χ4n) is 3.89. The number of thioether (sulfide) groups is 1. The highest BCUT2D eigenvalue weighted by molar-refractivity contribution is 8.00. The molecule has 1 aliphatic carbocycles. The van der Waals surface area contributed by atoms with Gasteiger partial charge in [-0.05, 0) is 62.5 Å². The number of hydrogen-bond donors (Lipinski definition) is 1. The second-order valence-electron chi connectivity index (χ2n) is 6.46. The van der Waals surface area contributed by atoms with E-state index in [2.05, 4.69) is 45.2 Å². The summed E-state index contributed by atoms with van der Waals surface area (Å²) in [5.41, 5.74) is 0. The van der Waals surface area contributed by atoms with Crippen LogP contribution in [-0.2, 0) is 4.74 Å². The van der Waals surface area contributed by atoms with Gasteiger partial charge in [-0.2, -0.15) is 24.4 Å². The molecule has 0 aromatic rings. The molecular weight excluding hydrogens is 272 g/mol. The number of rotatable bonds is 6. The van der Waals surface area contributed by atoms with Gasteiger partial charge in [-0.1, -0.05) is 13.8 Å². The van der Waals surface area contributed by atoms with Gasteiger partial charge in [0.15, 0.2) is 0 Å². The molecule has 2 aliphatic rings. The molecule has 6 unspecified atom stereocenters. The molecule has 1 heterocycles. The predicted molar refractivity (Wildman–Crippen MR) is 89.3 cm³/mol. The van der Waals surface area contributed by atoms with Crippen LogP contribution < -0.4 is 0 Å². The summed E-state index contributed by atoms with van der Waals surface area (Å²) in [5, 5.41) is 1.72. The van der Waals surface area contributed by atoms with Crippen molar-refractivity contribution in [1.82, 2.24) is 0 Å². The maximum absolute atomic E-state index is 5.85. The lowest BCUT2D eigenvalue weighted by Crippen LogP contribution is -2.32. The van der Waals surface area contributed by atoms with Crippen molar-refractivity contribution in [2.45, 2.75) is 69.5 Å². The molecule has 0 bridgehead atoms.